The number of rotatable bonds is 8. The lowest BCUT2D eigenvalue weighted by molar-refractivity contribution is 0.0757. The predicted octanol–water partition coefficient (Wildman–Crippen LogP) is 4.32. The Morgan fingerprint density at radius 1 is 1.22 bits per heavy atom. The van der Waals surface area contributed by atoms with Crippen molar-refractivity contribution < 1.29 is 14.1 Å². The summed E-state index contributed by atoms with van der Waals surface area (Å²) in [5, 5.41) is 6.94. The fourth-order valence-corrected chi connectivity index (χ4v) is 3.25. The molecule has 3 aromatic rings. The van der Waals surface area contributed by atoms with Crippen LogP contribution in [0.3, 0.4) is 0 Å². The van der Waals surface area contributed by atoms with Crippen LogP contribution < -0.4 is 5.32 Å². The molecule has 0 aliphatic heterocycles. The minimum Gasteiger partial charge on any atom is -0.379 e. The maximum atomic E-state index is 12.2. The zero-order valence-corrected chi connectivity index (χ0v) is 16.5. The molecule has 0 atom stereocenters. The van der Waals surface area contributed by atoms with Crippen molar-refractivity contribution in [1.29, 1.82) is 0 Å². The second-order valence-electron chi connectivity index (χ2n) is 6.48. The second kappa shape index (κ2) is 8.92. The molecule has 6 nitrogen and oxygen atoms in total. The van der Waals surface area contributed by atoms with E-state index in [4.69, 9.17) is 9.26 Å². The van der Waals surface area contributed by atoms with Gasteiger partial charge in [-0.15, -0.1) is 11.3 Å². The fraction of sp³-hybridized carbons (Fsp3) is 0.350. The number of aryl methyl sites for hydroxylation is 1. The SMILES string of the molecule is Cc1ccc(-c2nc(-c3ccc(C(=O)NCCCOC(C)C)s3)no2)cc1. The number of nitrogens with one attached hydrogen (secondary N) is 1. The maximum absolute atomic E-state index is 12.2. The summed E-state index contributed by atoms with van der Waals surface area (Å²) in [6.45, 7) is 7.23. The normalized spacial score (nSPS) is 11.1. The lowest BCUT2D eigenvalue weighted by atomic mass is 10.1. The summed E-state index contributed by atoms with van der Waals surface area (Å²) in [6, 6.07) is 11.5. The Labute approximate surface area is 162 Å². The van der Waals surface area contributed by atoms with Crippen molar-refractivity contribution >= 4 is 17.2 Å². The smallest absolute Gasteiger partial charge is 0.261 e. The van der Waals surface area contributed by atoms with Gasteiger partial charge in [0.25, 0.3) is 11.8 Å². The van der Waals surface area contributed by atoms with E-state index in [1.54, 1.807) is 6.07 Å². The largest absolute Gasteiger partial charge is 0.379 e. The van der Waals surface area contributed by atoms with Crippen molar-refractivity contribution in [3.63, 3.8) is 0 Å². The molecular formula is C20H23N3O3S. The first kappa shape index (κ1) is 19.3. The van der Waals surface area contributed by atoms with Gasteiger partial charge in [0, 0.05) is 18.7 Å². The summed E-state index contributed by atoms with van der Waals surface area (Å²) in [6.07, 6.45) is 0.993. The molecule has 3 rings (SSSR count). The van der Waals surface area contributed by atoms with Gasteiger partial charge < -0.3 is 14.6 Å². The van der Waals surface area contributed by atoms with E-state index in [2.05, 4.69) is 15.5 Å². The molecule has 0 spiro atoms. The Kier molecular flexibility index (Phi) is 6.36. The van der Waals surface area contributed by atoms with Gasteiger partial charge >= 0.3 is 0 Å². The van der Waals surface area contributed by atoms with Gasteiger partial charge in [-0.3, -0.25) is 4.79 Å². The number of amides is 1. The van der Waals surface area contributed by atoms with Gasteiger partial charge in [0.15, 0.2) is 0 Å². The third kappa shape index (κ3) is 5.24. The van der Waals surface area contributed by atoms with Gasteiger partial charge in [0.2, 0.25) is 5.82 Å². The number of aromatic nitrogens is 2. The zero-order valence-electron chi connectivity index (χ0n) is 15.7. The summed E-state index contributed by atoms with van der Waals surface area (Å²) >= 11 is 1.35. The molecule has 2 aromatic heterocycles. The first-order chi connectivity index (χ1) is 13.0. The lowest BCUT2D eigenvalue weighted by Gasteiger charge is -2.07. The van der Waals surface area contributed by atoms with Crippen LogP contribution in [-0.2, 0) is 4.74 Å². The van der Waals surface area contributed by atoms with Crippen LogP contribution in [0.15, 0.2) is 40.9 Å². The van der Waals surface area contributed by atoms with E-state index in [-0.39, 0.29) is 12.0 Å². The Balaban J connectivity index is 1.59. The van der Waals surface area contributed by atoms with Crippen LogP contribution >= 0.6 is 11.3 Å². The van der Waals surface area contributed by atoms with Crippen LogP contribution in [-0.4, -0.2) is 35.3 Å². The summed E-state index contributed by atoms with van der Waals surface area (Å²) < 4.78 is 10.8. The Morgan fingerprint density at radius 2 is 2.00 bits per heavy atom. The van der Waals surface area contributed by atoms with Gasteiger partial charge in [-0.25, -0.2) is 0 Å². The molecule has 7 heteroatoms. The van der Waals surface area contributed by atoms with Crippen LogP contribution in [0.2, 0.25) is 0 Å². The molecule has 27 heavy (non-hydrogen) atoms. The maximum Gasteiger partial charge on any atom is 0.261 e. The Bertz CT molecular complexity index is 884. The van der Waals surface area contributed by atoms with Crippen molar-refractivity contribution in [2.75, 3.05) is 13.2 Å². The molecule has 142 valence electrons. The number of nitrogens with zero attached hydrogens (tertiary/aromatic N) is 2. The quantitative estimate of drug-likeness (QED) is 0.584. The van der Waals surface area contributed by atoms with Crippen LogP contribution in [0.1, 0.15) is 35.5 Å². The molecule has 2 heterocycles. The average molecular weight is 385 g/mol. The molecule has 0 bridgehead atoms. The number of carbonyl (C=O) groups excluding carboxylic acids is 1. The van der Waals surface area contributed by atoms with Crippen molar-refractivity contribution in [2.24, 2.45) is 0 Å². The molecule has 0 aliphatic carbocycles. The highest BCUT2D eigenvalue weighted by Crippen LogP contribution is 2.28. The Morgan fingerprint density at radius 3 is 2.74 bits per heavy atom. The molecule has 0 fully saturated rings. The standard InChI is InChI=1S/C20H23N3O3S/c1-13(2)25-12-4-11-21-19(24)17-10-9-16(27-17)18-22-20(26-23-18)15-7-5-14(3)6-8-15/h5-10,13H,4,11-12H2,1-3H3,(H,21,24). The monoisotopic (exact) mass is 385 g/mol. The van der Waals surface area contributed by atoms with Crippen LogP contribution in [0.5, 0.6) is 0 Å². The highest BCUT2D eigenvalue weighted by molar-refractivity contribution is 7.17. The number of ether oxygens (including phenoxy) is 1. The molecule has 1 amide bonds. The number of hydrogen-bond donors (Lipinski definition) is 1. The molecule has 0 radical (unpaired) electrons. The summed E-state index contributed by atoms with van der Waals surface area (Å²) in [7, 11) is 0. The zero-order chi connectivity index (χ0) is 19.2. The molecule has 0 saturated heterocycles. The van der Waals surface area contributed by atoms with Crippen molar-refractivity contribution in [3.8, 4) is 22.2 Å². The summed E-state index contributed by atoms with van der Waals surface area (Å²) in [5.41, 5.74) is 2.04. The molecule has 1 N–H and O–H groups in total. The van der Waals surface area contributed by atoms with Crippen LogP contribution in [0.25, 0.3) is 22.2 Å². The van der Waals surface area contributed by atoms with E-state index in [1.165, 1.54) is 16.9 Å². The van der Waals surface area contributed by atoms with Crippen molar-refractivity contribution in [3.05, 3.63) is 46.8 Å². The van der Waals surface area contributed by atoms with Gasteiger partial charge in [-0.1, -0.05) is 22.9 Å². The minimum absolute atomic E-state index is 0.0990. The topological polar surface area (TPSA) is 77.2 Å². The molecular weight excluding hydrogens is 362 g/mol. The summed E-state index contributed by atoms with van der Waals surface area (Å²) in [5.74, 6) is 0.854. The third-order valence-electron chi connectivity index (χ3n) is 3.83. The van der Waals surface area contributed by atoms with Crippen LogP contribution in [0.4, 0.5) is 0 Å². The average Bonchev–Trinajstić information content (AvgIpc) is 3.31. The third-order valence-corrected chi connectivity index (χ3v) is 4.91. The lowest BCUT2D eigenvalue weighted by Crippen LogP contribution is -2.24. The van der Waals surface area contributed by atoms with Crippen molar-refractivity contribution in [2.45, 2.75) is 33.3 Å². The van der Waals surface area contributed by atoms with E-state index in [9.17, 15) is 4.79 Å². The fourth-order valence-electron chi connectivity index (χ4n) is 2.40. The van der Waals surface area contributed by atoms with Gasteiger partial charge in [0.05, 0.1) is 15.9 Å². The van der Waals surface area contributed by atoms with Gasteiger partial charge in [0.1, 0.15) is 0 Å². The first-order valence-corrected chi connectivity index (χ1v) is 9.75. The van der Waals surface area contributed by atoms with E-state index in [0.717, 1.165) is 16.9 Å². The summed E-state index contributed by atoms with van der Waals surface area (Å²) in [4.78, 5) is 18.1. The molecule has 0 unspecified atom stereocenters. The molecule has 1 aromatic carbocycles. The second-order valence-corrected chi connectivity index (χ2v) is 7.57. The number of thiophene rings is 1. The molecule has 0 saturated carbocycles. The highest BCUT2D eigenvalue weighted by atomic mass is 32.1. The molecule has 0 aliphatic rings. The Hall–Kier alpha value is -2.51. The number of benzene rings is 1. The van der Waals surface area contributed by atoms with Gasteiger partial charge in [-0.05, 0) is 51.5 Å². The van der Waals surface area contributed by atoms with E-state index in [0.29, 0.717) is 29.7 Å². The van der Waals surface area contributed by atoms with Gasteiger partial charge in [-0.2, -0.15) is 4.98 Å². The van der Waals surface area contributed by atoms with E-state index < -0.39 is 0 Å². The number of carbonyl (C=O) groups is 1. The van der Waals surface area contributed by atoms with Crippen LogP contribution in [0, 0.1) is 6.92 Å². The van der Waals surface area contributed by atoms with E-state index in [1.807, 2.05) is 51.1 Å². The van der Waals surface area contributed by atoms with E-state index >= 15 is 0 Å². The first-order valence-electron chi connectivity index (χ1n) is 8.93. The highest BCUT2D eigenvalue weighted by Gasteiger charge is 2.15. The number of hydrogen-bond acceptors (Lipinski definition) is 6. The van der Waals surface area contributed by atoms with Crippen molar-refractivity contribution in [1.82, 2.24) is 15.5 Å². The minimum atomic E-state index is -0.0990. The predicted molar refractivity (Wildman–Crippen MR) is 106 cm³/mol.